The molecule has 1 aliphatic heterocycles. The van der Waals surface area contributed by atoms with Gasteiger partial charge in [0.05, 0.1) is 0 Å². The van der Waals surface area contributed by atoms with Gasteiger partial charge in [-0.1, -0.05) is 6.58 Å². The third kappa shape index (κ3) is 4.86. The van der Waals surface area contributed by atoms with Gasteiger partial charge >= 0.3 is 30.3 Å². The fourth-order valence-electron chi connectivity index (χ4n) is 1.54. The van der Waals surface area contributed by atoms with E-state index in [1.165, 1.54) is 6.92 Å². The second-order valence-corrected chi connectivity index (χ2v) is 4.74. The van der Waals surface area contributed by atoms with Crippen LogP contribution >= 0.6 is 0 Å². The number of hydrogen-bond donors (Lipinski definition) is 0. The van der Waals surface area contributed by atoms with Gasteiger partial charge in [-0.2, -0.15) is 26.3 Å². The lowest BCUT2D eigenvalue weighted by Crippen LogP contribution is -2.47. The summed E-state index contributed by atoms with van der Waals surface area (Å²) in [6.07, 6.45) is -20.7. The fourth-order valence-corrected chi connectivity index (χ4v) is 1.54. The number of carbonyl (C=O) groups excluding carboxylic acids is 3. The maximum atomic E-state index is 12.3. The molecule has 0 aromatic heterocycles. The molecule has 0 bridgehead atoms. The normalized spacial score (nSPS) is 21.4. The van der Waals surface area contributed by atoms with E-state index in [2.05, 4.69) is 20.8 Å². The monoisotopic (exact) mass is 364 g/mol. The number of esters is 3. The van der Waals surface area contributed by atoms with Gasteiger partial charge in [-0.15, -0.1) is 0 Å². The van der Waals surface area contributed by atoms with Crippen LogP contribution in [-0.2, 0) is 28.6 Å². The molecule has 136 valence electrons. The highest BCUT2D eigenvalue weighted by molar-refractivity contribution is 5.91. The van der Waals surface area contributed by atoms with Gasteiger partial charge in [0.1, 0.15) is 0 Å². The third-order valence-corrected chi connectivity index (χ3v) is 2.64. The van der Waals surface area contributed by atoms with Crippen LogP contribution in [0.25, 0.3) is 0 Å². The Hall–Kier alpha value is -2.27. The molecule has 2 unspecified atom stereocenters. The summed E-state index contributed by atoms with van der Waals surface area (Å²) in [5, 5.41) is 0. The first kappa shape index (κ1) is 19.8. The van der Waals surface area contributed by atoms with E-state index < -0.39 is 55.0 Å². The van der Waals surface area contributed by atoms with Crippen LogP contribution in [0, 0.1) is 0 Å². The number of ether oxygens (including phenoxy) is 3. The van der Waals surface area contributed by atoms with Gasteiger partial charge < -0.3 is 14.2 Å². The van der Waals surface area contributed by atoms with Crippen LogP contribution in [0.5, 0.6) is 0 Å². The van der Waals surface area contributed by atoms with Gasteiger partial charge in [0.25, 0.3) is 6.10 Å². The predicted octanol–water partition coefficient (Wildman–Crippen LogP) is 1.83. The Bertz CT molecular complexity index is 537. The van der Waals surface area contributed by atoms with Crippen LogP contribution in [0.1, 0.15) is 13.3 Å². The van der Waals surface area contributed by atoms with E-state index in [0.29, 0.717) is 0 Å². The topological polar surface area (TPSA) is 78.9 Å². The summed E-state index contributed by atoms with van der Waals surface area (Å²) in [5.41, 5.74) is -0.122. The molecule has 6 nitrogen and oxygen atoms in total. The minimum absolute atomic E-state index is 0.122. The highest BCUT2D eigenvalue weighted by Crippen LogP contribution is 2.36. The number of hydrogen-bond acceptors (Lipinski definition) is 6. The van der Waals surface area contributed by atoms with Crippen molar-refractivity contribution in [2.75, 3.05) is 0 Å². The largest absolute Gasteiger partial charge is 0.447 e. The molecule has 1 aliphatic rings. The summed E-state index contributed by atoms with van der Waals surface area (Å²) in [6.45, 7) is 4.43. The summed E-state index contributed by atoms with van der Waals surface area (Å²) in [7, 11) is 0. The van der Waals surface area contributed by atoms with Gasteiger partial charge in [-0.25, -0.2) is 14.4 Å². The number of carbonyl (C=O) groups is 3. The van der Waals surface area contributed by atoms with E-state index in [1.807, 2.05) is 0 Å². The second kappa shape index (κ2) is 6.69. The Morgan fingerprint density at radius 1 is 1.21 bits per heavy atom. The zero-order chi connectivity index (χ0) is 18.9. The van der Waals surface area contributed by atoms with Crippen LogP contribution in [0.3, 0.4) is 0 Å². The molecule has 0 aromatic carbocycles. The molecule has 1 heterocycles. The summed E-state index contributed by atoms with van der Waals surface area (Å²) in [6, 6.07) is 0. The maximum absolute atomic E-state index is 12.3. The van der Waals surface area contributed by atoms with Gasteiger partial charge in [0.2, 0.25) is 12.2 Å². The number of rotatable bonds is 4. The highest BCUT2D eigenvalue weighted by Gasteiger charge is 2.60. The van der Waals surface area contributed by atoms with Crippen molar-refractivity contribution in [3.05, 3.63) is 12.2 Å². The molecule has 1 saturated heterocycles. The SMILES string of the molecule is C=C(C)C(=O)OC1CC(C(=O)OC(C(F)(F)F)C(F)(F)F)OC1=O. The van der Waals surface area contributed by atoms with Crippen LogP contribution in [0.2, 0.25) is 0 Å². The zero-order valence-corrected chi connectivity index (χ0v) is 11.9. The van der Waals surface area contributed by atoms with Crippen molar-refractivity contribution in [2.45, 2.75) is 44.0 Å². The smallest absolute Gasteiger partial charge is 0.434 e. The minimum atomic E-state index is -5.90. The minimum Gasteiger partial charge on any atom is -0.447 e. The van der Waals surface area contributed by atoms with Crippen LogP contribution in [0.15, 0.2) is 12.2 Å². The second-order valence-electron chi connectivity index (χ2n) is 4.74. The van der Waals surface area contributed by atoms with Crippen LogP contribution in [0.4, 0.5) is 26.3 Å². The first-order valence-electron chi connectivity index (χ1n) is 6.14. The fraction of sp³-hybridized carbons (Fsp3) is 0.583. The van der Waals surface area contributed by atoms with Crippen molar-refractivity contribution >= 4 is 17.9 Å². The van der Waals surface area contributed by atoms with Gasteiger partial charge in [0, 0.05) is 12.0 Å². The van der Waals surface area contributed by atoms with Crippen molar-refractivity contribution in [1.82, 2.24) is 0 Å². The van der Waals surface area contributed by atoms with E-state index in [1.54, 1.807) is 0 Å². The van der Waals surface area contributed by atoms with E-state index in [0.717, 1.165) is 0 Å². The average Bonchev–Trinajstić information content (AvgIpc) is 2.74. The van der Waals surface area contributed by atoms with E-state index >= 15 is 0 Å². The molecule has 0 radical (unpaired) electrons. The van der Waals surface area contributed by atoms with Crippen molar-refractivity contribution in [3.63, 3.8) is 0 Å². The molecule has 0 N–H and O–H groups in total. The molecule has 24 heavy (non-hydrogen) atoms. The molecule has 0 aromatic rings. The molecular formula is C12H10F6O6. The Morgan fingerprint density at radius 2 is 1.71 bits per heavy atom. The first-order chi connectivity index (χ1) is 10.7. The van der Waals surface area contributed by atoms with Crippen LogP contribution in [-0.4, -0.2) is 48.6 Å². The third-order valence-electron chi connectivity index (χ3n) is 2.64. The summed E-state index contributed by atoms with van der Waals surface area (Å²) < 4.78 is 86.0. The Balaban J connectivity index is 2.77. The first-order valence-corrected chi connectivity index (χ1v) is 6.14. The molecule has 12 heteroatoms. The quantitative estimate of drug-likeness (QED) is 0.328. The molecule has 0 spiro atoms. The van der Waals surface area contributed by atoms with Crippen molar-refractivity contribution < 1.29 is 54.9 Å². The molecule has 0 aliphatic carbocycles. The molecule has 2 atom stereocenters. The predicted molar refractivity (Wildman–Crippen MR) is 61.2 cm³/mol. The Labute approximate surface area is 130 Å². The maximum Gasteiger partial charge on any atom is 0.434 e. The van der Waals surface area contributed by atoms with Gasteiger partial charge in [-0.05, 0) is 6.92 Å². The summed E-state index contributed by atoms with van der Waals surface area (Å²) in [4.78, 5) is 34.0. The number of halogens is 6. The lowest BCUT2D eigenvalue weighted by atomic mass is 10.2. The summed E-state index contributed by atoms with van der Waals surface area (Å²) >= 11 is 0. The molecular weight excluding hydrogens is 354 g/mol. The average molecular weight is 364 g/mol. The van der Waals surface area contributed by atoms with Gasteiger partial charge in [0.15, 0.2) is 0 Å². The van der Waals surface area contributed by atoms with E-state index in [9.17, 15) is 40.7 Å². The molecule has 1 rings (SSSR count). The zero-order valence-electron chi connectivity index (χ0n) is 11.9. The number of alkyl halides is 6. The lowest BCUT2D eigenvalue weighted by Gasteiger charge is -2.23. The number of cyclic esters (lactones) is 1. The van der Waals surface area contributed by atoms with Crippen molar-refractivity contribution in [3.8, 4) is 0 Å². The Morgan fingerprint density at radius 3 is 2.12 bits per heavy atom. The standard InChI is InChI=1S/C12H10F6O6/c1-4(2)7(19)22-5-3-6(23-8(5)20)9(21)24-10(11(13,14)15)12(16,17)18/h5-6,10H,1,3H2,2H3. The van der Waals surface area contributed by atoms with E-state index in [4.69, 9.17) is 0 Å². The molecule has 1 fully saturated rings. The Kier molecular flexibility index (Phi) is 5.51. The molecule has 0 amide bonds. The van der Waals surface area contributed by atoms with Crippen molar-refractivity contribution in [2.24, 2.45) is 0 Å². The van der Waals surface area contributed by atoms with Gasteiger partial charge in [-0.3, -0.25) is 0 Å². The summed E-state index contributed by atoms with van der Waals surface area (Å²) in [5.74, 6) is -4.41. The van der Waals surface area contributed by atoms with Crippen LogP contribution < -0.4 is 0 Å². The lowest BCUT2D eigenvalue weighted by molar-refractivity contribution is -0.314. The molecule has 0 saturated carbocycles. The van der Waals surface area contributed by atoms with Crippen molar-refractivity contribution in [1.29, 1.82) is 0 Å². The highest BCUT2D eigenvalue weighted by atomic mass is 19.4. The van der Waals surface area contributed by atoms with E-state index in [-0.39, 0.29) is 5.57 Å².